The fourth-order valence-electron chi connectivity index (χ4n) is 3.70. The van der Waals surface area contributed by atoms with Crippen LogP contribution in [0.5, 0.6) is 0 Å². The van der Waals surface area contributed by atoms with Crippen LogP contribution in [0.15, 0.2) is 0 Å². The van der Waals surface area contributed by atoms with E-state index in [1.165, 1.54) is 25.9 Å². The minimum absolute atomic E-state index is 0.421. The normalized spacial score (nSPS) is 31.9. The number of likely N-dealkylation sites (tertiary alicyclic amines) is 1. The molecule has 118 valence electrons. The standard InChI is InChI=1S/C17H34N2O/c1-14(15-6-5-11-19(4)12-15)18-13-17(20)9-7-16(2,3)8-10-17/h14-15,18,20H,5-13H2,1-4H3. The van der Waals surface area contributed by atoms with E-state index in [1.54, 1.807) is 0 Å². The van der Waals surface area contributed by atoms with E-state index >= 15 is 0 Å². The van der Waals surface area contributed by atoms with Crippen molar-refractivity contribution in [2.75, 3.05) is 26.7 Å². The van der Waals surface area contributed by atoms with Crippen molar-refractivity contribution in [3.8, 4) is 0 Å². The molecule has 0 spiro atoms. The van der Waals surface area contributed by atoms with Gasteiger partial charge in [-0.1, -0.05) is 13.8 Å². The van der Waals surface area contributed by atoms with Gasteiger partial charge in [0.15, 0.2) is 0 Å². The Hall–Kier alpha value is -0.120. The summed E-state index contributed by atoms with van der Waals surface area (Å²) in [4.78, 5) is 2.43. The van der Waals surface area contributed by atoms with Gasteiger partial charge in [0, 0.05) is 19.1 Å². The van der Waals surface area contributed by atoms with Crippen LogP contribution in [0.4, 0.5) is 0 Å². The van der Waals surface area contributed by atoms with Crippen molar-refractivity contribution in [3.63, 3.8) is 0 Å². The molecule has 3 nitrogen and oxygen atoms in total. The average molecular weight is 282 g/mol. The topological polar surface area (TPSA) is 35.5 Å². The number of piperidine rings is 1. The zero-order chi connectivity index (χ0) is 14.8. The van der Waals surface area contributed by atoms with Crippen LogP contribution in [0.2, 0.25) is 0 Å². The SMILES string of the molecule is CC(NCC1(O)CCC(C)(C)CC1)C1CCCN(C)C1. The Bertz CT molecular complexity index is 306. The predicted octanol–water partition coefficient (Wildman–Crippen LogP) is 2.64. The minimum atomic E-state index is -0.468. The number of aliphatic hydroxyl groups is 1. The van der Waals surface area contributed by atoms with Crippen molar-refractivity contribution in [2.45, 2.75) is 70.9 Å². The summed E-state index contributed by atoms with van der Waals surface area (Å²) in [7, 11) is 2.22. The molecule has 20 heavy (non-hydrogen) atoms. The summed E-state index contributed by atoms with van der Waals surface area (Å²) in [6.07, 6.45) is 6.82. The zero-order valence-corrected chi connectivity index (χ0v) is 13.9. The van der Waals surface area contributed by atoms with Crippen LogP contribution < -0.4 is 5.32 Å². The monoisotopic (exact) mass is 282 g/mol. The van der Waals surface area contributed by atoms with E-state index in [2.05, 4.69) is 38.0 Å². The van der Waals surface area contributed by atoms with E-state index in [1.807, 2.05) is 0 Å². The third-order valence-corrected chi connectivity index (χ3v) is 5.66. The molecular formula is C17H34N2O. The Kier molecular flexibility index (Phi) is 5.14. The van der Waals surface area contributed by atoms with Gasteiger partial charge in [-0.05, 0) is 70.4 Å². The van der Waals surface area contributed by atoms with Crippen LogP contribution in [-0.2, 0) is 0 Å². The van der Waals surface area contributed by atoms with Gasteiger partial charge < -0.3 is 15.3 Å². The molecule has 0 aromatic carbocycles. The van der Waals surface area contributed by atoms with Crippen LogP contribution >= 0.6 is 0 Å². The first-order valence-corrected chi connectivity index (χ1v) is 8.44. The number of nitrogens with one attached hydrogen (secondary N) is 1. The lowest BCUT2D eigenvalue weighted by Gasteiger charge is -2.42. The summed E-state index contributed by atoms with van der Waals surface area (Å²) in [5, 5.41) is 14.4. The zero-order valence-electron chi connectivity index (χ0n) is 13.9. The number of hydrogen-bond donors (Lipinski definition) is 2. The van der Waals surface area contributed by atoms with Gasteiger partial charge >= 0.3 is 0 Å². The molecular weight excluding hydrogens is 248 g/mol. The highest BCUT2D eigenvalue weighted by Crippen LogP contribution is 2.39. The Morgan fingerprint density at radius 1 is 1.25 bits per heavy atom. The molecule has 2 rings (SSSR count). The summed E-state index contributed by atoms with van der Waals surface area (Å²) in [5.74, 6) is 0.734. The van der Waals surface area contributed by atoms with Crippen LogP contribution in [-0.4, -0.2) is 48.3 Å². The summed E-state index contributed by atoms with van der Waals surface area (Å²) in [6.45, 7) is 10.1. The average Bonchev–Trinajstić information content (AvgIpc) is 2.40. The molecule has 0 aromatic rings. The number of hydrogen-bond acceptors (Lipinski definition) is 3. The van der Waals surface area contributed by atoms with E-state index in [0.29, 0.717) is 11.5 Å². The van der Waals surface area contributed by atoms with E-state index in [9.17, 15) is 5.11 Å². The summed E-state index contributed by atoms with van der Waals surface area (Å²) < 4.78 is 0. The van der Waals surface area contributed by atoms with Crippen LogP contribution in [0, 0.1) is 11.3 Å². The lowest BCUT2D eigenvalue weighted by molar-refractivity contribution is -0.0275. The first kappa shape index (κ1) is 16.3. The molecule has 2 atom stereocenters. The van der Waals surface area contributed by atoms with Crippen LogP contribution in [0.25, 0.3) is 0 Å². The smallest absolute Gasteiger partial charge is 0.0772 e. The lowest BCUT2D eigenvalue weighted by atomic mass is 9.71. The maximum atomic E-state index is 10.7. The third-order valence-electron chi connectivity index (χ3n) is 5.66. The second kappa shape index (κ2) is 6.33. The number of nitrogens with zero attached hydrogens (tertiary/aromatic N) is 1. The van der Waals surface area contributed by atoms with Crippen molar-refractivity contribution in [1.82, 2.24) is 10.2 Å². The van der Waals surface area contributed by atoms with Gasteiger partial charge in [0.25, 0.3) is 0 Å². The summed E-state index contributed by atoms with van der Waals surface area (Å²) in [6, 6.07) is 0.511. The molecule has 1 saturated carbocycles. The molecule has 1 saturated heterocycles. The van der Waals surface area contributed by atoms with Gasteiger partial charge in [-0.2, -0.15) is 0 Å². The first-order chi connectivity index (χ1) is 9.30. The van der Waals surface area contributed by atoms with E-state index in [0.717, 1.165) is 38.1 Å². The van der Waals surface area contributed by atoms with Gasteiger partial charge in [0.1, 0.15) is 0 Å². The fraction of sp³-hybridized carbons (Fsp3) is 1.00. The number of rotatable bonds is 4. The van der Waals surface area contributed by atoms with Crippen molar-refractivity contribution in [1.29, 1.82) is 0 Å². The van der Waals surface area contributed by atoms with Gasteiger partial charge in [-0.15, -0.1) is 0 Å². The van der Waals surface area contributed by atoms with Crippen molar-refractivity contribution in [2.24, 2.45) is 11.3 Å². The summed E-state index contributed by atoms with van der Waals surface area (Å²) in [5.41, 5.74) is -0.0473. The molecule has 2 unspecified atom stereocenters. The van der Waals surface area contributed by atoms with Gasteiger partial charge in [-0.3, -0.25) is 0 Å². The lowest BCUT2D eigenvalue weighted by Crippen LogP contribution is -2.50. The molecule has 1 aliphatic heterocycles. The Morgan fingerprint density at radius 2 is 1.90 bits per heavy atom. The molecule has 0 radical (unpaired) electrons. The van der Waals surface area contributed by atoms with E-state index in [4.69, 9.17) is 0 Å². The van der Waals surface area contributed by atoms with Gasteiger partial charge in [0.05, 0.1) is 5.60 Å². The molecule has 1 aliphatic carbocycles. The van der Waals surface area contributed by atoms with Gasteiger partial charge in [-0.25, -0.2) is 0 Å². The highest BCUT2D eigenvalue weighted by Gasteiger charge is 2.37. The van der Waals surface area contributed by atoms with E-state index in [-0.39, 0.29) is 0 Å². The minimum Gasteiger partial charge on any atom is -0.389 e. The highest BCUT2D eigenvalue weighted by molar-refractivity contribution is 4.92. The maximum Gasteiger partial charge on any atom is 0.0772 e. The quantitative estimate of drug-likeness (QED) is 0.832. The molecule has 0 amide bonds. The van der Waals surface area contributed by atoms with Crippen molar-refractivity contribution < 1.29 is 5.11 Å². The molecule has 0 bridgehead atoms. The van der Waals surface area contributed by atoms with E-state index < -0.39 is 5.60 Å². The van der Waals surface area contributed by atoms with Gasteiger partial charge in [0.2, 0.25) is 0 Å². The molecule has 2 N–H and O–H groups in total. The maximum absolute atomic E-state index is 10.7. The van der Waals surface area contributed by atoms with Crippen LogP contribution in [0.1, 0.15) is 59.3 Å². The fourth-order valence-corrected chi connectivity index (χ4v) is 3.70. The Balaban J connectivity index is 1.76. The molecule has 1 heterocycles. The largest absolute Gasteiger partial charge is 0.389 e. The second-order valence-corrected chi connectivity index (χ2v) is 8.22. The van der Waals surface area contributed by atoms with Crippen LogP contribution in [0.3, 0.4) is 0 Å². The highest BCUT2D eigenvalue weighted by atomic mass is 16.3. The van der Waals surface area contributed by atoms with Crippen molar-refractivity contribution in [3.05, 3.63) is 0 Å². The molecule has 2 aliphatic rings. The van der Waals surface area contributed by atoms with Crippen molar-refractivity contribution >= 4 is 0 Å². The Labute approximate surface area is 125 Å². The molecule has 3 heteroatoms. The Morgan fingerprint density at radius 3 is 2.50 bits per heavy atom. The second-order valence-electron chi connectivity index (χ2n) is 8.22. The molecule has 2 fully saturated rings. The predicted molar refractivity (Wildman–Crippen MR) is 84.9 cm³/mol. The first-order valence-electron chi connectivity index (χ1n) is 8.44. The third kappa shape index (κ3) is 4.44. The molecule has 0 aromatic heterocycles. The summed E-state index contributed by atoms with van der Waals surface area (Å²) >= 11 is 0.